The average molecular weight is 422 g/mol. The summed E-state index contributed by atoms with van der Waals surface area (Å²) in [6.45, 7) is 0.0789. The molecule has 160 valence electrons. The Balaban J connectivity index is 1.46. The number of imidazole rings is 1. The molecule has 7 nitrogen and oxygen atoms in total. The van der Waals surface area contributed by atoms with E-state index >= 15 is 4.39 Å². The number of amides is 1. The third kappa shape index (κ3) is 3.52. The van der Waals surface area contributed by atoms with Crippen molar-refractivity contribution in [2.45, 2.75) is 38.1 Å². The number of rotatable bonds is 5. The van der Waals surface area contributed by atoms with Gasteiger partial charge in [0.2, 0.25) is 5.82 Å². The maximum atomic E-state index is 15.2. The van der Waals surface area contributed by atoms with Crippen LogP contribution in [0.25, 0.3) is 5.82 Å². The summed E-state index contributed by atoms with van der Waals surface area (Å²) < 4.78 is 28.0. The number of hydrogen-bond donors (Lipinski definition) is 0. The van der Waals surface area contributed by atoms with Gasteiger partial charge in [-0.1, -0.05) is 18.9 Å². The molecule has 5 rings (SSSR count). The van der Waals surface area contributed by atoms with Crippen molar-refractivity contribution in [2.24, 2.45) is 0 Å². The predicted octanol–water partition coefficient (Wildman–Crippen LogP) is 3.74. The molecular formula is C23H23FN4O3. The van der Waals surface area contributed by atoms with Crippen molar-refractivity contribution in [2.75, 3.05) is 13.8 Å². The molecule has 1 aromatic carbocycles. The van der Waals surface area contributed by atoms with E-state index in [4.69, 9.17) is 9.47 Å². The average Bonchev–Trinajstić information content (AvgIpc) is 3.50. The lowest BCUT2D eigenvalue weighted by Crippen LogP contribution is -2.44. The molecule has 0 atom stereocenters. The highest BCUT2D eigenvalue weighted by Gasteiger charge is 2.36. The quantitative estimate of drug-likeness (QED) is 0.627. The van der Waals surface area contributed by atoms with Gasteiger partial charge in [0.25, 0.3) is 5.91 Å². The van der Waals surface area contributed by atoms with Crippen LogP contribution in [-0.4, -0.2) is 45.2 Å². The van der Waals surface area contributed by atoms with Gasteiger partial charge >= 0.3 is 0 Å². The summed E-state index contributed by atoms with van der Waals surface area (Å²) in [6.07, 6.45) is 11.4. The summed E-state index contributed by atoms with van der Waals surface area (Å²) in [7, 11) is 1.42. The number of aromatic nitrogens is 3. The van der Waals surface area contributed by atoms with Gasteiger partial charge in [-0.15, -0.1) is 0 Å². The van der Waals surface area contributed by atoms with Crippen molar-refractivity contribution >= 4 is 5.91 Å². The highest BCUT2D eigenvalue weighted by Crippen LogP contribution is 2.39. The lowest BCUT2D eigenvalue weighted by Gasteiger charge is -2.34. The SMILES string of the molecule is COc1c(Cc2ccc(-n3ccnc3)nc2)cc2c(c1F)OCN(C1CCCC1)C2=O. The van der Waals surface area contributed by atoms with Gasteiger partial charge in [0, 0.05) is 36.6 Å². The summed E-state index contributed by atoms with van der Waals surface area (Å²) in [5.74, 6) is 0.00977. The summed E-state index contributed by atoms with van der Waals surface area (Å²) >= 11 is 0. The monoisotopic (exact) mass is 422 g/mol. The Labute approximate surface area is 179 Å². The Bertz CT molecular complexity index is 1090. The Morgan fingerprint density at radius 3 is 2.81 bits per heavy atom. The molecule has 1 aliphatic heterocycles. The first kappa shape index (κ1) is 19.5. The lowest BCUT2D eigenvalue weighted by molar-refractivity contribution is 0.0376. The van der Waals surface area contributed by atoms with Crippen LogP contribution in [0.3, 0.4) is 0 Å². The van der Waals surface area contributed by atoms with Crippen LogP contribution in [0.15, 0.2) is 43.1 Å². The number of methoxy groups -OCH3 is 1. The molecule has 0 spiro atoms. The van der Waals surface area contributed by atoms with E-state index in [0.29, 0.717) is 12.0 Å². The second kappa shape index (κ2) is 8.02. The zero-order valence-electron chi connectivity index (χ0n) is 17.3. The fourth-order valence-electron chi connectivity index (χ4n) is 4.44. The molecule has 8 heteroatoms. The van der Waals surface area contributed by atoms with E-state index in [1.807, 2.05) is 18.3 Å². The van der Waals surface area contributed by atoms with E-state index in [-0.39, 0.29) is 35.7 Å². The molecule has 0 N–H and O–H groups in total. The molecule has 0 saturated heterocycles. The van der Waals surface area contributed by atoms with Gasteiger partial charge in [0.15, 0.2) is 18.2 Å². The maximum Gasteiger partial charge on any atom is 0.260 e. The van der Waals surface area contributed by atoms with Crippen LogP contribution in [0.1, 0.15) is 47.2 Å². The van der Waals surface area contributed by atoms with E-state index < -0.39 is 5.82 Å². The van der Waals surface area contributed by atoms with Crippen molar-refractivity contribution in [3.63, 3.8) is 0 Å². The lowest BCUT2D eigenvalue weighted by atomic mass is 9.99. The zero-order chi connectivity index (χ0) is 21.4. The number of nitrogens with zero attached hydrogens (tertiary/aromatic N) is 4. The maximum absolute atomic E-state index is 15.2. The van der Waals surface area contributed by atoms with Gasteiger partial charge in [0.1, 0.15) is 12.1 Å². The van der Waals surface area contributed by atoms with Crippen molar-refractivity contribution in [1.82, 2.24) is 19.4 Å². The highest BCUT2D eigenvalue weighted by atomic mass is 19.1. The van der Waals surface area contributed by atoms with Gasteiger partial charge in [-0.05, 0) is 30.5 Å². The van der Waals surface area contributed by atoms with Gasteiger partial charge in [-0.2, -0.15) is 4.39 Å². The number of fused-ring (bicyclic) bond motifs is 1. The fourth-order valence-corrected chi connectivity index (χ4v) is 4.44. The first-order chi connectivity index (χ1) is 15.2. The summed E-state index contributed by atoms with van der Waals surface area (Å²) in [5.41, 5.74) is 1.72. The second-order valence-corrected chi connectivity index (χ2v) is 7.92. The molecule has 3 heterocycles. The van der Waals surface area contributed by atoms with Gasteiger partial charge in [-0.3, -0.25) is 9.36 Å². The standard InChI is InChI=1S/C23H23FN4O3/c1-30-21-16(10-15-6-7-19(26-12-15)27-9-8-25-13-27)11-18-22(20(21)24)31-14-28(23(18)29)17-4-2-3-5-17/h6-9,11-13,17H,2-5,10,14H2,1H3. The van der Waals surface area contributed by atoms with Crippen LogP contribution >= 0.6 is 0 Å². The van der Waals surface area contributed by atoms with Crippen molar-refractivity contribution in [1.29, 1.82) is 0 Å². The topological polar surface area (TPSA) is 69.5 Å². The van der Waals surface area contributed by atoms with E-state index in [0.717, 1.165) is 37.1 Å². The van der Waals surface area contributed by atoms with E-state index in [2.05, 4.69) is 9.97 Å². The highest BCUT2D eigenvalue weighted by molar-refractivity contribution is 5.98. The predicted molar refractivity (Wildman–Crippen MR) is 111 cm³/mol. The molecule has 31 heavy (non-hydrogen) atoms. The molecular weight excluding hydrogens is 399 g/mol. The number of halogens is 1. The van der Waals surface area contributed by atoms with Crippen LogP contribution < -0.4 is 9.47 Å². The molecule has 1 amide bonds. The minimum absolute atomic E-state index is 0.0200. The Morgan fingerprint density at radius 2 is 2.13 bits per heavy atom. The number of pyridine rings is 1. The van der Waals surface area contributed by atoms with Crippen LogP contribution in [0.2, 0.25) is 0 Å². The second-order valence-electron chi connectivity index (χ2n) is 7.92. The molecule has 1 aliphatic carbocycles. The van der Waals surface area contributed by atoms with Crippen molar-refractivity contribution < 1.29 is 18.7 Å². The van der Waals surface area contributed by atoms with Crippen LogP contribution in [0, 0.1) is 5.82 Å². The molecule has 0 unspecified atom stereocenters. The zero-order valence-corrected chi connectivity index (χ0v) is 17.3. The minimum Gasteiger partial charge on any atom is -0.493 e. The Morgan fingerprint density at radius 1 is 1.29 bits per heavy atom. The number of ether oxygens (including phenoxy) is 2. The largest absolute Gasteiger partial charge is 0.493 e. The third-order valence-corrected chi connectivity index (χ3v) is 6.04. The molecule has 1 fully saturated rings. The van der Waals surface area contributed by atoms with Gasteiger partial charge in [-0.25, -0.2) is 9.97 Å². The number of hydrogen-bond acceptors (Lipinski definition) is 5. The van der Waals surface area contributed by atoms with Crippen molar-refractivity contribution in [3.8, 4) is 17.3 Å². The van der Waals surface area contributed by atoms with E-state index in [1.54, 1.807) is 34.3 Å². The first-order valence-corrected chi connectivity index (χ1v) is 10.4. The molecule has 0 radical (unpaired) electrons. The minimum atomic E-state index is -0.627. The summed E-state index contributed by atoms with van der Waals surface area (Å²) in [4.78, 5) is 23.4. The van der Waals surface area contributed by atoms with Crippen LogP contribution in [0.5, 0.6) is 11.5 Å². The third-order valence-electron chi connectivity index (χ3n) is 6.04. The molecule has 1 saturated carbocycles. The molecule has 2 aromatic heterocycles. The van der Waals surface area contributed by atoms with Crippen molar-refractivity contribution in [3.05, 3.63) is 65.6 Å². The number of benzene rings is 1. The van der Waals surface area contributed by atoms with Crippen LogP contribution in [0.4, 0.5) is 4.39 Å². The number of carbonyl (C=O) groups excluding carboxylic acids is 1. The normalized spacial score (nSPS) is 16.3. The molecule has 0 bridgehead atoms. The van der Waals surface area contributed by atoms with Gasteiger partial charge < -0.3 is 14.4 Å². The van der Waals surface area contributed by atoms with Gasteiger partial charge in [0.05, 0.1) is 12.7 Å². The fraction of sp³-hybridized carbons (Fsp3) is 0.348. The molecule has 3 aromatic rings. The van der Waals surface area contributed by atoms with Crippen LogP contribution in [-0.2, 0) is 6.42 Å². The smallest absolute Gasteiger partial charge is 0.260 e. The first-order valence-electron chi connectivity index (χ1n) is 10.4. The Hall–Kier alpha value is -3.42. The van der Waals surface area contributed by atoms with E-state index in [1.165, 1.54) is 7.11 Å². The molecule has 2 aliphatic rings. The summed E-state index contributed by atoms with van der Waals surface area (Å²) in [5, 5.41) is 0. The summed E-state index contributed by atoms with van der Waals surface area (Å²) in [6, 6.07) is 5.65. The number of carbonyl (C=O) groups is 1. The van der Waals surface area contributed by atoms with E-state index in [9.17, 15) is 4.79 Å². The Kier molecular flexibility index (Phi) is 5.05.